The number of methoxy groups -OCH3 is 2. The Bertz CT molecular complexity index is 1470. The lowest BCUT2D eigenvalue weighted by atomic mass is 10.1. The molecule has 1 fully saturated rings. The summed E-state index contributed by atoms with van der Waals surface area (Å²) in [5, 5.41) is 6.83. The molecule has 38 heavy (non-hydrogen) atoms. The zero-order chi connectivity index (χ0) is 26.5. The summed E-state index contributed by atoms with van der Waals surface area (Å²) < 4.78 is 15.7. The molecule has 0 spiro atoms. The highest BCUT2D eigenvalue weighted by Gasteiger charge is 2.16. The van der Waals surface area contributed by atoms with Gasteiger partial charge in [0.05, 0.1) is 44.2 Å². The fraction of sp³-hybridized carbons (Fsp3) is 0.222. The highest BCUT2D eigenvalue weighted by molar-refractivity contribution is 6.07. The fourth-order valence-corrected chi connectivity index (χ4v) is 4.15. The van der Waals surface area contributed by atoms with Crippen LogP contribution in [0.25, 0.3) is 10.9 Å². The average molecular weight is 515 g/mol. The van der Waals surface area contributed by atoms with Crippen LogP contribution in [0, 0.1) is 0 Å². The molecule has 194 valence electrons. The second-order valence-corrected chi connectivity index (χ2v) is 8.44. The van der Waals surface area contributed by atoms with Gasteiger partial charge in [0.15, 0.2) is 0 Å². The molecule has 1 amide bonds. The molecular formula is C27H26N6O5. The minimum atomic E-state index is -0.474. The van der Waals surface area contributed by atoms with Crippen LogP contribution in [-0.4, -0.2) is 67.4 Å². The molecule has 0 aliphatic carbocycles. The molecule has 11 heteroatoms. The van der Waals surface area contributed by atoms with Gasteiger partial charge in [-0.3, -0.25) is 4.79 Å². The molecule has 0 saturated carbocycles. The number of hydrogen-bond acceptors (Lipinski definition) is 10. The molecular weight excluding hydrogens is 488 g/mol. The summed E-state index contributed by atoms with van der Waals surface area (Å²) in [6, 6.07) is 13.6. The van der Waals surface area contributed by atoms with Crippen LogP contribution in [0.3, 0.4) is 0 Å². The minimum absolute atomic E-state index is 0.353. The number of fused-ring (bicyclic) bond motifs is 1. The Morgan fingerprint density at radius 2 is 1.71 bits per heavy atom. The smallest absolute Gasteiger partial charge is 0.337 e. The van der Waals surface area contributed by atoms with Gasteiger partial charge in [0.1, 0.15) is 23.7 Å². The second kappa shape index (κ2) is 11.1. The van der Waals surface area contributed by atoms with Gasteiger partial charge >= 0.3 is 5.97 Å². The number of ether oxygens (including phenoxy) is 3. The van der Waals surface area contributed by atoms with Crippen LogP contribution >= 0.6 is 0 Å². The third-order valence-electron chi connectivity index (χ3n) is 6.14. The van der Waals surface area contributed by atoms with Gasteiger partial charge in [-0.25, -0.2) is 19.7 Å². The molecule has 0 unspecified atom stereocenters. The van der Waals surface area contributed by atoms with Crippen molar-refractivity contribution in [1.29, 1.82) is 0 Å². The standard InChI is InChI=1S/C27H26N6O5/c1-36-23-15-21-20(14-22(23)31-26(34)17-3-5-18(6-4-17)27(35)37-2)25(30-16-29-21)32-24-13-19(7-8-28-24)33-9-11-38-12-10-33/h3-8,13-16H,9-12H2,1-2H3,(H,31,34)(H,28,29,30,32). The van der Waals surface area contributed by atoms with E-state index in [4.69, 9.17) is 14.2 Å². The summed E-state index contributed by atoms with van der Waals surface area (Å²) in [6.07, 6.45) is 3.20. The average Bonchev–Trinajstić information content (AvgIpc) is 2.97. The third kappa shape index (κ3) is 5.32. The number of hydrogen-bond donors (Lipinski definition) is 2. The van der Waals surface area contributed by atoms with E-state index in [1.54, 1.807) is 30.5 Å². The van der Waals surface area contributed by atoms with Crippen molar-refractivity contribution >= 4 is 45.8 Å². The number of aromatic nitrogens is 3. The Balaban J connectivity index is 1.42. The lowest BCUT2D eigenvalue weighted by Crippen LogP contribution is -2.36. The van der Waals surface area contributed by atoms with Crippen molar-refractivity contribution in [1.82, 2.24) is 15.0 Å². The lowest BCUT2D eigenvalue weighted by molar-refractivity contribution is 0.0600. The summed E-state index contributed by atoms with van der Waals surface area (Å²) in [4.78, 5) is 40.1. The highest BCUT2D eigenvalue weighted by atomic mass is 16.5. The predicted molar refractivity (Wildman–Crippen MR) is 142 cm³/mol. The largest absolute Gasteiger partial charge is 0.494 e. The van der Waals surface area contributed by atoms with Crippen molar-refractivity contribution in [3.8, 4) is 5.75 Å². The number of carbonyl (C=O) groups is 2. The molecule has 0 atom stereocenters. The Morgan fingerprint density at radius 3 is 2.45 bits per heavy atom. The zero-order valence-corrected chi connectivity index (χ0v) is 20.9. The maximum Gasteiger partial charge on any atom is 0.337 e. The van der Waals surface area contributed by atoms with Gasteiger partial charge in [0, 0.05) is 48.1 Å². The molecule has 0 radical (unpaired) electrons. The molecule has 2 N–H and O–H groups in total. The maximum absolute atomic E-state index is 13.0. The second-order valence-electron chi connectivity index (χ2n) is 8.44. The van der Waals surface area contributed by atoms with Gasteiger partial charge in [0.25, 0.3) is 5.91 Å². The number of esters is 1. The molecule has 1 aliphatic rings. The first-order valence-corrected chi connectivity index (χ1v) is 11.9. The van der Waals surface area contributed by atoms with Crippen LogP contribution in [-0.2, 0) is 9.47 Å². The normalized spacial score (nSPS) is 13.2. The number of pyridine rings is 1. The van der Waals surface area contributed by atoms with E-state index in [1.807, 2.05) is 12.1 Å². The lowest BCUT2D eigenvalue weighted by Gasteiger charge is -2.29. The number of benzene rings is 2. The van der Waals surface area contributed by atoms with E-state index >= 15 is 0 Å². The summed E-state index contributed by atoms with van der Waals surface area (Å²) in [5.74, 6) is 0.751. The Kier molecular flexibility index (Phi) is 7.27. The van der Waals surface area contributed by atoms with E-state index in [1.165, 1.54) is 32.7 Å². The number of nitrogens with one attached hydrogen (secondary N) is 2. The first-order valence-electron chi connectivity index (χ1n) is 11.9. The minimum Gasteiger partial charge on any atom is -0.494 e. The van der Waals surface area contributed by atoms with Gasteiger partial charge in [-0.15, -0.1) is 0 Å². The summed E-state index contributed by atoms with van der Waals surface area (Å²) in [6.45, 7) is 3.00. The Hall–Kier alpha value is -4.77. The number of carbonyl (C=O) groups excluding carboxylic acids is 2. The molecule has 11 nitrogen and oxygen atoms in total. The number of morpholine rings is 1. The molecule has 0 bridgehead atoms. The summed E-state index contributed by atoms with van der Waals surface area (Å²) in [7, 11) is 2.82. The van der Waals surface area contributed by atoms with Gasteiger partial charge in [-0.1, -0.05) is 0 Å². The van der Waals surface area contributed by atoms with Gasteiger partial charge in [0.2, 0.25) is 0 Å². The topological polar surface area (TPSA) is 128 Å². The Morgan fingerprint density at radius 1 is 0.947 bits per heavy atom. The van der Waals surface area contributed by atoms with Crippen LogP contribution < -0.4 is 20.3 Å². The number of nitrogens with zero attached hydrogens (tertiary/aromatic N) is 4. The number of rotatable bonds is 7. The predicted octanol–water partition coefficient (Wildman–Crippen LogP) is 3.65. The first-order chi connectivity index (χ1) is 18.6. The van der Waals surface area contributed by atoms with Crippen molar-refractivity contribution in [3.05, 3.63) is 72.2 Å². The first kappa shape index (κ1) is 24.9. The van der Waals surface area contributed by atoms with Crippen molar-refractivity contribution < 1.29 is 23.8 Å². The zero-order valence-electron chi connectivity index (χ0n) is 20.9. The van der Waals surface area contributed by atoms with Crippen LogP contribution in [0.15, 0.2) is 61.1 Å². The molecule has 2 aromatic carbocycles. The van der Waals surface area contributed by atoms with E-state index < -0.39 is 5.97 Å². The molecule has 1 aliphatic heterocycles. The highest BCUT2D eigenvalue weighted by Crippen LogP contribution is 2.33. The van der Waals surface area contributed by atoms with E-state index in [2.05, 4.69) is 30.5 Å². The van der Waals surface area contributed by atoms with Crippen molar-refractivity contribution in [2.45, 2.75) is 0 Å². The van der Waals surface area contributed by atoms with E-state index in [9.17, 15) is 9.59 Å². The van der Waals surface area contributed by atoms with Gasteiger partial charge in [-0.2, -0.15) is 0 Å². The van der Waals surface area contributed by atoms with Crippen LogP contribution in [0.4, 0.5) is 23.0 Å². The molecule has 5 rings (SSSR count). The third-order valence-corrected chi connectivity index (χ3v) is 6.14. The Labute approximate surface area is 218 Å². The van der Waals surface area contributed by atoms with Gasteiger partial charge in [-0.05, 0) is 36.4 Å². The van der Waals surface area contributed by atoms with Crippen LogP contribution in [0.5, 0.6) is 5.75 Å². The van der Waals surface area contributed by atoms with Crippen molar-refractivity contribution in [2.75, 3.05) is 56.1 Å². The van der Waals surface area contributed by atoms with Crippen LogP contribution in [0.2, 0.25) is 0 Å². The number of amides is 1. The van der Waals surface area contributed by atoms with E-state index in [-0.39, 0.29) is 5.91 Å². The van der Waals surface area contributed by atoms with Crippen molar-refractivity contribution in [2.24, 2.45) is 0 Å². The van der Waals surface area contributed by atoms with Gasteiger partial charge < -0.3 is 29.7 Å². The van der Waals surface area contributed by atoms with E-state index in [0.29, 0.717) is 58.3 Å². The van der Waals surface area contributed by atoms with E-state index in [0.717, 1.165) is 18.8 Å². The SMILES string of the molecule is COC(=O)c1ccc(C(=O)Nc2cc3c(Nc4cc(N5CCOCC5)ccn4)ncnc3cc2OC)cc1. The maximum atomic E-state index is 13.0. The molecule has 1 saturated heterocycles. The number of anilines is 4. The van der Waals surface area contributed by atoms with Crippen LogP contribution in [0.1, 0.15) is 20.7 Å². The van der Waals surface area contributed by atoms with Crippen molar-refractivity contribution in [3.63, 3.8) is 0 Å². The quantitative estimate of drug-likeness (QED) is 0.353. The molecule has 2 aromatic heterocycles. The fourth-order valence-electron chi connectivity index (χ4n) is 4.15. The molecule has 3 heterocycles. The summed E-state index contributed by atoms with van der Waals surface area (Å²) in [5.41, 5.74) is 2.83. The monoisotopic (exact) mass is 514 g/mol. The molecule has 4 aromatic rings. The summed E-state index contributed by atoms with van der Waals surface area (Å²) >= 11 is 0.